The zero-order chi connectivity index (χ0) is 18.1. The predicted molar refractivity (Wildman–Crippen MR) is 84.5 cm³/mol. The second-order valence-corrected chi connectivity index (χ2v) is 6.16. The maximum absolute atomic E-state index is 13.4. The summed E-state index contributed by atoms with van der Waals surface area (Å²) in [7, 11) is 0. The van der Waals surface area contributed by atoms with Crippen LogP contribution in [0.25, 0.3) is 0 Å². The summed E-state index contributed by atoms with van der Waals surface area (Å²) in [5.41, 5.74) is -2.52. The third kappa shape index (κ3) is 3.51. The number of aliphatic hydroxyl groups is 1. The van der Waals surface area contributed by atoms with E-state index in [-0.39, 0.29) is 6.54 Å². The summed E-state index contributed by atoms with van der Waals surface area (Å²) in [6.45, 7) is -0.141. The normalized spacial score (nSPS) is 17.0. The molecular formula is C18H17F3N2O2. The van der Waals surface area contributed by atoms with Gasteiger partial charge in [0.2, 0.25) is 0 Å². The Bertz CT molecular complexity index is 760. The first kappa shape index (κ1) is 17.4. The van der Waals surface area contributed by atoms with E-state index < -0.39 is 23.2 Å². The van der Waals surface area contributed by atoms with E-state index in [1.54, 1.807) is 6.20 Å². The number of rotatable bonds is 5. The van der Waals surface area contributed by atoms with Crippen molar-refractivity contribution in [3.05, 3.63) is 65.5 Å². The van der Waals surface area contributed by atoms with Gasteiger partial charge in [0.05, 0.1) is 0 Å². The zero-order valence-corrected chi connectivity index (χ0v) is 13.3. The number of aromatic nitrogens is 1. The summed E-state index contributed by atoms with van der Waals surface area (Å²) >= 11 is 0. The van der Waals surface area contributed by atoms with Crippen LogP contribution in [0, 0.1) is 0 Å². The van der Waals surface area contributed by atoms with E-state index in [1.807, 2.05) is 6.07 Å². The van der Waals surface area contributed by atoms with E-state index in [4.69, 9.17) is 0 Å². The van der Waals surface area contributed by atoms with Crippen LogP contribution in [-0.4, -0.2) is 22.2 Å². The Morgan fingerprint density at radius 3 is 2.48 bits per heavy atom. The number of halogens is 3. The lowest BCUT2D eigenvalue weighted by molar-refractivity contribution is -0.257. The number of nitrogens with zero attached hydrogens (tertiary/aromatic N) is 1. The summed E-state index contributed by atoms with van der Waals surface area (Å²) < 4.78 is 40.3. The molecule has 1 saturated carbocycles. The molecule has 3 rings (SSSR count). The minimum Gasteiger partial charge on any atom is -0.369 e. The van der Waals surface area contributed by atoms with Crippen molar-refractivity contribution in [3.8, 4) is 0 Å². The molecule has 1 aliphatic rings. The van der Waals surface area contributed by atoms with Gasteiger partial charge >= 0.3 is 6.18 Å². The first-order valence-electron chi connectivity index (χ1n) is 7.89. The quantitative estimate of drug-likeness (QED) is 0.871. The lowest BCUT2D eigenvalue weighted by Crippen LogP contribution is -2.54. The molecule has 0 aliphatic heterocycles. The van der Waals surface area contributed by atoms with Gasteiger partial charge in [0.25, 0.3) is 11.5 Å². The first-order chi connectivity index (χ1) is 11.8. The number of nitrogens with one attached hydrogen (secondary N) is 1. The molecule has 4 nitrogen and oxygen atoms in total. The Balaban J connectivity index is 1.78. The van der Waals surface area contributed by atoms with E-state index in [1.165, 1.54) is 24.4 Å². The summed E-state index contributed by atoms with van der Waals surface area (Å²) in [6.07, 6.45) is 0.200. The minimum absolute atomic E-state index is 0.141. The highest BCUT2D eigenvalue weighted by Gasteiger charge is 2.60. The molecule has 1 aromatic carbocycles. The van der Waals surface area contributed by atoms with Gasteiger partial charge in [0.1, 0.15) is 0 Å². The first-order valence-corrected chi connectivity index (χ1v) is 7.89. The lowest BCUT2D eigenvalue weighted by Gasteiger charge is -2.29. The van der Waals surface area contributed by atoms with Gasteiger partial charge in [-0.25, -0.2) is 0 Å². The summed E-state index contributed by atoms with van der Waals surface area (Å²) in [5.74, 6) is -1.07. The SMILES string of the molecule is O=C(NCc1cncc(C2CC2)c1)[C@](O)(c1ccccc1)C(F)(F)F. The van der Waals surface area contributed by atoms with Crippen LogP contribution in [-0.2, 0) is 16.9 Å². The van der Waals surface area contributed by atoms with E-state index in [2.05, 4.69) is 10.3 Å². The van der Waals surface area contributed by atoms with Crippen LogP contribution in [0.4, 0.5) is 13.2 Å². The predicted octanol–water partition coefficient (Wildman–Crippen LogP) is 3.03. The van der Waals surface area contributed by atoms with Gasteiger partial charge in [0.15, 0.2) is 0 Å². The molecule has 0 spiro atoms. The van der Waals surface area contributed by atoms with Crippen LogP contribution >= 0.6 is 0 Å². The molecule has 1 amide bonds. The average molecular weight is 350 g/mol. The molecule has 132 valence electrons. The van der Waals surface area contributed by atoms with Crippen LogP contribution < -0.4 is 5.32 Å². The van der Waals surface area contributed by atoms with Gasteiger partial charge in [-0.2, -0.15) is 13.2 Å². The van der Waals surface area contributed by atoms with E-state index in [0.29, 0.717) is 11.5 Å². The van der Waals surface area contributed by atoms with Crippen LogP contribution in [0.3, 0.4) is 0 Å². The molecule has 0 bridgehead atoms. The summed E-state index contributed by atoms with van der Waals surface area (Å²) in [6, 6.07) is 8.14. The fourth-order valence-electron chi connectivity index (χ4n) is 2.66. The Kier molecular flexibility index (Phi) is 4.51. The van der Waals surface area contributed by atoms with Crippen LogP contribution in [0.5, 0.6) is 0 Å². The maximum Gasteiger partial charge on any atom is 0.430 e. The fourth-order valence-corrected chi connectivity index (χ4v) is 2.66. The van der Waals surface area contributed by atoms with Gasteiger partial charge < -0.3 is 10.4 Å². The molecule has 1 atom stereocenters. The van der Waals surface area contributed by atoms with Crippen molar-refractivity contribution in [2.75, 3.05) is 0 Å². The van der Waals surface area contributed by atoms with Gasteiger partial charge in [-0.1, -0.05) is 36.4 Å². The highest BCUT2D eigenvalue weighted by atomic mass is 19.4. The van der Waals surface area contributed by atoms with Gasteiger partial charge in [-0.05, 0) is 29.9 Å². The van der Waals surface area contributed by atoms with Crippen molar-refractivity contribution in [1.29, 1.82) is 0 Å². The zero-order valence-electron chi connectivity index (χ0n) is 13.3. The molecule has 1 fully saturated rings. The molecule has 0 saturated heterocycles. The topological polar surface area (TPSA) is 62.2 Å². The van der Waals surface area contributed by atoms with E-state index in [9.17, 15) is 23.1 Å². The smallest absolute Gasteiger partial charge is 0.369 e. The molecule has 25 heavy (non-hydrogen) atoms. The Morgan fingerprint density at radius 2 is 1.88 bits per heavy atom. The molecule has 1 aliphatic carbocycles. The van der Waals surface area contributed by atoms with E-state index in [0.717, 1.165) is 30.5 Å². The van der Waals surface area contributed by atoms with Gasteiger partial charge in [-0.15, -0.1) is 0 Å². The molecule has 7 heteroatoms. The minimum atomic E-state index is -5.15. The largest absolute Gasteiger partial charge is 0.430 e. The molecular weight excluding hydrogens is 333 g/mol. The number of alkyl halides is 3. The maximum atomic E-state index is 13.4. The van der Waals surface area contributed by atoms with Crippen LogP contribution in [0.2, 0.25) is 0 Å². The number of benzene rings is 1. The molecule has 1 heterocycles. The van der Waals surface area contributed by atoms with Crippen molar-refractivity contribution < 1.29 is 23.1 Å². The lowest BCUT2D eigenvalue weighted by atomic mass is 9.92. The fraction of sp³-hybridized carbons (Fsp3) is 0.333. The molecule has 1 aromatic heterocycles. The van der Waals surface area contributed by atoms with Gasteiger partial charge in [-0.3, -0.25) is 9.78 Å². The van der Waals surface area contributed by atoms with Crippen molar-refractivity contribution in [3.63, 3.8) is 0 Å². The second kappa shape index (κ2) is 6.48. The van der Waals surface area contributed by atoms with Crippen molar-refractivity contribution in [2.24, 2.45) is 0 Å². The third-order valence-corrected chi connectivity index (χ3v) is 4.25. The Morgan fingerprint density at radius 1 is 1.20 bits per heavy atom. The second-order valence-electron chi connectivity index (χ2n) is 6.16. The molecule has 2 N–H and O–H groups in total. The third-order valence-electron chi connectivity index (χ3n) is 4.25. The molecule has 2 aromatic rings. The summed E-state index contributed by atoms with van der Waals surface area (Å²) in [5, 5.41) is 12.3. The summed E-state index contributed by atoms with van der Waals surface area (Å²) in [4.78, 5) is 16.3. The monoisotopic (exact) mass is 350 g/mol. The van der Waals surface area contributed by atoms with Gasteiger partial charge in [0, 0.05) is 24.5 Å². The highest BCUT2D eigenvalue weighted by molar-refractivity contribution is 5.87. The number of amides is 1. The number of pyridine rings is 1. The van der Waals surface area contributed by atoms with Crippen molar-refractivity contribution in [1.82, 2.24) is 10.3 Å². The Hall–Kier alpha value is -2.41. The van der Waals surface area contributed by atoms with Crippen LogP contribution in [0.1, 0.15) is 35.4 Å². The number of hydrogen-bond acceptors (Lipinski definition) is 3. The van der Waals surface area contributed by atoms with E-state index >= 15 is 0 Å². The standard InChI is InChI=1S/C18H17F3N2O2/c19-18(20,21)17(25,15-4-2-1-3-5-15)16(24)23-10-12-8-14(11-22-9-12)13-6-7-13/h1-5,8-9,11,13,25H,6-7,10H2,(H,23,24)/t17-/m1/s1. The van der Waals surface area contributed by atoms with Crippen molar-refractivity contribution in [2.45, 2.75) is 37.1 Å². The number of carbonyl (C=O) groups is 1. The molecule has 0 radical (unpaired) electrons. The Labute approximate surface area is 142 Å². The number of carbonyl (C=O) groups excluding carboxylic acids is 1. The number of hydrogen-bond donors (Lipinski definition) is 2. The highest BCUT2D eigenvalue weighted by Crippen LogP contribution is 2.40. The van der Waals surface area contributed by atoms with Crippen molar-refractivity contribution >= 4 is 5.91 Å². The molecule has 0 unspecified atom stereocenters. The van der Waals surface area contributed by atoms with Crippen LogP contribution in [0.15, 0.2) is 48.8 Å². The average Bonchev–Trinajstić information content (AvgIpc) is 3.44.